The van der Waals surface area contributed by atoms with E-state index in [1.165, 1.54) is 0 Å². The summed E-state index contributed by atoms with van der Waals surface area (Å²) in [6, 6.07) is 5.79. The van der Waals surface area contributed by atoms with Crippen molar-refractivity contribution in [3.63, 3.8) is 0 Å². The van der Waals surface area contributed by atoms with Crippen LogP contribution in [0.25, 0.3) is 0 Å². The Morgan fingerprint density at radius 3 is 2.41 bits per heavy atom. The van der Waals surface area contributed by atoms with Crippen LogP contribution in [-0.4, -0.2) is 49.7 Å². The van der Waals surface area contributed by atoms with Crippen molar-refractivity contribution in [2.45, 2.75) is 33.4 Å². The number of rotatable bonds is 11. The van der Waals surface area contributed by atoms with Crippen molar-refractivity contribution < 1.29 is 14.2 Å². The zero-order valence-corrected chi connectivity index (χ0v) is 19.9. The molecule has 0 aliphatic carbocycles. The van der Waals surface area contributed by atoms with Gasteiger partial charge in [-0.15, -0.1) is 24.0 Å². The largest absolute Gasteiger partial charge is 0.493 e. The second-order valence-corrected chi connectivity index (χ2v) is 6.01. The van der Waals surface area contributed by atoms with E-state index in [2.05, 4.69) is 20.7 Å². The fourth-order valence-corrected chi connectivity index (χ4v) is 2.70. The molecule has 2 aromatic rings. The number of aliphatic imine (C=N–C) groups is 1. The predicted molar refractivity (Wildman–Crippen MR) is 126 cm³/mol. The summed E-state index contributed by atoms with van der Waals surface area (Å²) in [6.07, 6.45) is 4.71. The Morgan fingerprint density at radius 1 is 1.14 bits per heavy atom. The molecule has 1 heterocycles. The van der Waals surface area contributed by atoms with Crippen molar-refractivity contribution in [1.82, 2.24) is 20.4 Å². The molecular weight excluding hydrogens is 485 g/mol. The molecule has 0 aliphatic heterocycles. The number of benzene rings is 1. The van der Waals surface area contributed by atoms with Gasteiger partial charge in [0.2, 0.25) is 5.75 Å². The van der Waals surface area contributed by atoms with Crippen LogP contribution in [-0.2, 0) is 13.1 Å². The number of hydrogen-bond donors (Lipinski definition) is 2. The van der Waals surface area contributed by atoms with Crippen molar-refractivity contribution in [2.75, 3.05) is 33.9 Å². The molecule has 1 aromatic carbocycles. The van der Waals surface area contributed by atoms with Crippen LogP contribution in [0.15, 0.2) is 35.6 Å². The van der Waals surface area contributed by atoms with E-state index in [0.717, 1.165) is 37.6 Å². The van der Waals surface area contributed by atoms with E-state index in [4.69, 9.17) is 14.2 Å². The van der Waals surface area contributed by atoms with Crippen LogP contribution in [0.1, 0.15) is 25.8 Å². The van der Waals surface area contributed by atoms with Gasteiger partial charge in [0.25, 0.3) is 0 Å². The van der Waals surface area contributed by atoms with E-state index in [9.17, 15) is 0 Å². The molecule has 0 atom stereocenters. The van der Waals surface area contributed by atoms with Crippen LogP contribution in [0.5, 0.6) is 17.2 Å². The third-order valence-electron chi connectivity index (χ3n) is 3.99. The minimum atomic E-state index is 0. The molecule has 162 valence electrons. The average Bonchev–Trinajstić information content (AvgIpc) is 3.23. The number of nitrogens with zero attached hydrogens (tertiary/aromatic N) is 3. The molecule has 9 heteroatoms. The van der Waals surface area contributed by atoms with Crippen LogP contribution in [0.3, 0.4) is 0 Å². The maximum absolute atomic E-state index is 5.65. The van der Waals surface area contributed by atoms with Crippen LogP contribution in [0.2, 0.25) is 0 Å². The highest BCUT2D eigenvalue weighted by atomic mass is 127. The SMILES string of the molecule is CCNC(=NCc1cc(OC)c(OCC)c(OC)c1)NCCCn1cccn1.I. The first kappa shape index (κ1) is 24.9. The molecule has 0 saturated carbocycles. The van der Waals surface area contributed by atoms with Crippen molar-refractivity contribution in [3.8, 4) is 17.2 Å². The third-order valence-corrected chi connectivity index (χ3v) is 3.99. The molecule has 29 heavy (non-hydrogen) atoms. The van der Waals surface area contributed by atoms with Crippen LogP contribution >= 0.6 is 24.0 Å². The smallest absolute Gasteiger partial charge is 0.203 e. The lowest BCUT2D eigenvalue weighted by atomic mass is 10.2. The standard InChI is InChI=1S/C20H31N5O3.HI/c1-5-21-20(22-9-7-11-25-12-8-10-24-25)23-15-16-13-17(26-3)19(28-6-2)18(14-16)27-4;/h8,10,12-14H,5-7,9,11,15H2,1-4H3,(H2,21,22,23);1H. The van der Waals surface area contributed by atoms with Crippen LogP contribution in [0.4, 0.5) is 0 Å². The normalized spacial score (nSPS) is 10.8. The van der Waals surface area contributed by atoms with Gasteiger partial charge in [-0.25, -0.2) is 4.99 Å². The highest BCUT2D eigenvalue weighted by Gasteiger charge is 2.13. The van der Waals surface area contributed by atoms with Crippen molar-refractivity contribution in [2.24, 2.45) is 4.99 Å². The van der Waals surface area contributed by atoms with Gasteiger partial charge in [0.15, 0.2) is 17.5 Å². The number of methoxy groups -OCH3 is 2. The highest BCUT2D eigenvalue weighted by molar-refractivity contribution is 14.0. The van der Waals surface area contributed by atoms with Crippen molar-refractivity contribution in [1.29, 1.82) is 0 Å². The monoisotopic (exact) mass is 517 g/mol. The van der Waals surface area contributed by atoms with Gasteiger partial charge in [-0.05, 0) is 44.0 Å². The summed E-state index contributed by atoms with van der Waals surface area (Å²) in [4.78, 5) is 4.66. The van der Waals surface area contributed by atoms with Gasteiger partial charge in [-0.3, -0.25) is 4.68 Å². The summed E-state index contributed by atoms with van der Waals surface area (Å²) in [7, 11) is 3.24. The summed E-state index contributed by atoms with van der Waals surface area (Å²) >= 11 is 0. The van der Waals surface area contributed by atoms with Crippen LogP contribution in [0, 0.1) is 0 Å². The molecule has 0 bridgehead atoms. The summed E-state index contributed by atoms with van der Waals surface area (Å²) in [6.45, 7) is 7.47. The van der Waals surface area contributed by atoms with Gasteiger partial charge in [0.1, 0.15) is 0 Å². The van der Waals surface area contributed by atoms with E-state index < -0.39 is 0 Å². The predicted octanol–water partition coefficient (Wildman–Crippen LogP) is 3.06. The van der Waals surface area contributed by atoms with E-state index in [-0.39, 0.29) is 24.0 Å². The zero-order valence-electron chi connectivity index (χ0n) is 17.6. The number of aryl methyl sites for hydroxylation is 1. The Balaban J connectivity index is 0.00000420. The molecule has 0 saturated heterocycles. The number of nitrogens with one attached hydrogen (secondary N) is 2. The minimum absolute atomic E-state index is 0. The fourth-order valence-electron chi connectivity index (χ4n) is 2.70. The summed E-state index contributed by atoms with van der Waals surface area (Å²) in [5.41, 5.74) is 0.978. The van der Waals surface area contributed by atoms with E-state index in [1.54, 1.807) is 20.4 Å². The quantitative estimate of drug-likeness (QED) is 0.207. The van der Waals surface area contributed by atoms with Gasteiger partial charge in [0.05, 0.1) is 27.4 Å². The number of aromatic nitrogens is 2. The topological polar surface area (TPSA) is 81.9 Å². The first-order chi connectivity index (χ1) is 13.7. The molecule has 0 aliphatic rings. The molecule has 0 amide bonds. The number of hydrogen-bond acceptors (Lipinski definition) is 5. The van der Waals surface area contributed by atoms with Gasteiger partial charge in [-0.2, -0.15) is 5.10 Å². The molecule has 2 N–H and O–H groups in total. The van der Waals surface area contributed by atoms with Crippen molar-refractivity contribution in [3.05, 3.63) is 36.2 Å². The first-order valence-electron chi connectivity index (χ1n) is 9.59. The highest BCUT2D eigenvalue weighted by Crippen LogP contribution is 2.38. The maximum atomic E-state index is 5.65. The van der Waals surface area contributed by atoms with Crippen molar-refractivity contribution >= 4 is 29.9 Å². The minimum Gasteiger partial charge on any atom is -0.493 e. The molecule has 0 radical (unpaired) electrons. The lowest BCUT2D eigenvalue weighted by Gasteiger charge is -2.15. The zero-order chi connectivity index (χ0) is 20.2. The summed E-state index contributed by atoms with van der Waals surface area (Å²) < 4.78 is 18.5. The Morgan fingerprint density at radius 2 is 1.86 bits per heavy atom. The lowest BCUT2D eigenvalue weighted by Crippen LogP contribution is -2.38. The molecule has 0 spiro atoms. The van der Waals surface area contributed by atoms with E-state index in [1.807, 2.05) is 42.9 Å². The fraction of sp³-hybridized carbons (Fsp3) is 0.500. The molecule has 1 aromatic heterocycles. The molecular formula is C20H32IN5O3. The van der Waals surface area contributed by atoms with Gasteiger partial charge in [0, 0.05) is 32.0 Å². The van der Waals surface area contributed by atoms with E-state index in [0.29, 0.717) is 30.4 Å². The molecule has 0 unspecified atom stereocenters. The Bertz CT molecular complexity index is 713. The Kier molecular flexibility index (Phi) is 11.9. The second kappa shape index (κ2) is 13.9. The van der Waals surface area contributed by atoms with Gasteiger partial charge < -0.3 is 24.8 Å². The first-order valence-corrected chi connectivity index (χ1v) is 9.59. The average molecular weight is 517 g/mol. The summed E-state index contributed by atoms with van der Waals surface area (Å²) in [5, 5.41) is 10.8. The van der Waals surface area contributed by atoms with Gasteiger partial charge >= 0.3 is 0 Å². The Hall–Kier alpha value is -2.17. The number of halogens is 1. The molecule has 8 nitrogen and oxygen atoms in total. The van der Waals surface area contributed by atoms with Gasteiger partial charge in [-0.1, -0.05) is 0 Å². The lowest BCUT2D eigenvalue weighted by molar-refractivity contribution is 0.288. The van der Waals surface area contributed by atoms with E-state index >= 15 is 0 Å². The Labute approximate surface area is 190 Å². The maximum Gasteiger partial charge on any atom is 0.203 e. The molecule has 0 fully saturated rings. The third kappa shape index (κ3) is 8.00. The van der Waals surface area contributed by atoms with Crippen LogP contribution < -0.4 is 24.8 Å². The molecule has 2 rings (SSSR count). The number of guanidine groups is 1. The number of ether oxygens (including phenoxy) is 3. The second-order valence-electron chi connectivity index (χ2n) is 6.01. The summed E-state index contributed by atoms with van der Waals surface area (Å²) in [5.74, 6) is 2.67.